The van der Waals surface area contributed by atoms with Crippen LogP contribution in [0.2, 0.25) is 0 Å². The lowest BCUT2D eigenvalue weighted by Gasteiger charge is -2.20. The minimum absolute atomic E-state index is 0.275. The number of thioether (sulfide) groups is 1. The van der Waals surface area contributed by atoms with Crippen molar-refractivity contribution in [2.24, 2.45) is 0 Å². The highest BCUT2D eigenvalue weighted by Gasteiger charge is 2.45. The first-order valence-corrected chi connectivity index (χ1v) is 7.86. The SMILES string of the molecule is COc1cccc(OC)c1C(=O)NC1NC(C(=O)O)C(C)(C)S1. The fourth-order valence-electron chi connectivity index (χ4n) is 2.46. The van der Waals surface area contributed by atoms with Crippen LogP contribution in [0.1, 0.15) is 24.2 Å². The molecule has 2 rings (SSSR count). The number of rotatable bonds is 5. The number of hydrogen-bond acceptors (Lipinski definition) is 6. The normalized spacial score (nSPS) is 22.4. The molecule has 1 aromatic carbocycles. The van der Waals surface area contributed by atoms with Crippen molar-refractivity contribution in [1.82, 2.24) is 10.6 Å². The quantitative estimate of drug-likeness (QED) is 0.743. The molecule has 2 unspecified atom stereocenters. The zero-order valence-corrected chi connectivity index (χ0v) is 14.2. The molecule has 1 aliphatic heterocycles. The number of benzene rings is 1. The number of hydrogen-bond donors (Lipinski definition) is 3. The van der Waals surface area contributed by atoms with E-state index in [0.29, 0.717) is 11.5 Å². The summed E-state index contributed by atoms with van der Waals surface area (Å²) in [5.74, 6) is -0.571. The van der Waals surface area contributed by atoms with Gasteiger partial charge in [-0.3, -0.25) is 14.9 Å². The molecular weight excluding hydrogens is 320 g/mol. The van der Waals surface area contributed by atoms with Gasteiger partial charge in [-0.1, -0.05) is 6.07 Å². The number of carbonyl (C=O) groups excluding carboxylic acids is 1. The van der Waals surface area contributed by atoms with E-state index in [1.165, 1.54) is 26.0 Å². The molecule has 1 aliphatic rings. The number of carboxylic acid groups (broad SMARTS) is 1. The summed E-state index contributed by atoms with van der Waals surface area (Å²) in [7, 11) is 2.94. The molecule has 1 heterocycles. The fourth-order valence-corrected chi connectivity index (χ4v) is 3.75. The first kappa shape index (κ1) is 17.4. The van der Waals surface area contributed by atoms with Gasteiger partial charge in [0.2, 0.25) is 0 Å². The molecule has 3 N–H and O–H groups in total. The number of ether oxygens (including phenoxy) is 2. The minimum atomic E-state index is -0.950. The number of methoxy groups -OCH3 is 2. The molecule has 126 valence electrons. The van der Waals surface area contributed by atoms with E-state index < -0.39 is 28.2 Å². The van der Waals surface area contributed by atoms with Crippen molar-refractivity contribution in [3.63, 3.8) is 0 Å². The van der Waals surface area contributed by atoms with Gasteiger partial charge in [0.05, 0.1) is 14.2 Å². The highest BCUT2D eigenvalue weighted by Crippen LogP contribution is 2.37. The van der Waals surface area contributed by atoms with Crippen molar-refractivity contribution in [2.75, 3.05) is 14.2 Å². The van der Waals surface area contributed by atoms with E-state index in [4.69, 9.17) is 9.47 Å². The molecule has 0 spiro atoms. The number of amides is 1. The minimum Gasteiger partial charge on any atom is -0.496 e. The van der Waals surface area contributed by atoms with Crippen LogP contribution < -0.4 is 20.1 Å². The van der Waals surface area contributed by atoms with Gasteiger partial charge in [-0.25, -0.2) is 0 Å². The van der Waals surface area contributed by atoms with Crippen LogP contribution in [0, 0.1) is 0 Å². The van der Waals surface area contributed by atoms with Gasteiger partial charge in [0, 0.05) is 4.75 Å². The smallest absolute Gasteiger partial charge is 0.322 e. The molecular formula is C15H20N2O5S. The third-order valence-electron chi connectivity index (χ3n) is 3.60. The van der Waals surface area contributed by atoms with Gasteiger partial charge < -0.3 is 19.9 Å². The summed E-state index contributed by atoms with van der Waals surface area (Å²) >= 11 is 1.35. The highest BCUT2D eigenvalue weighted by molar-refractivity contribution is 8.01. The predicted octanol–water partition coefficient (Wildman–Crippen LogP) is 1.29. The van der Waals surface area contributed by atoms with E-state index in [9.17, 15) is 14.7 Å². The summed E-state index contributed by atoms with van der Waals surface area (Å²) in [5.41, 5.74) is -0.246. The predicted molar refractivity (Wildman–Crippen MR) is 87.0 cm³/mol. The lowest BCUT2D eigenvalue weighted by atomic mass is 10.0. The van der Waals surface area contributed by atoms with Gasteiger partial charge >= 0.3 is 5.97 Å². The van der Waals surface area contributed by atoms with E-state index in [1.54, 1.807) is 18.2 Å². The van der Waals surface area contributed by atoms with Crippen molar-refractivity contribution < 1.29 is 24.2 Å². The molecule has 0 bridgehead atoms. The van der Waals surface area contributed by atoms with Crippen LogP contribution >= 0.6 is 11.8 Å². The molecule has 1 fully saturated rings. The van der Waals surface area contributed by atoms with Crippen molar-refractivity contribution in [3.8, 4) is 11.5 Å². The van der Waals surface area contributed by atoms with Crippen molar-refractivity contribution in [3.05, 3.63) is 23.8 Å². The first-order chi connectivity index (χ1) is 10.8. The Hall–Kier alpha value is -1.93. The van der Waals surface area contributed by atoms with Crippen LogP contribution in [0.4, 0.5) is 0 Å². The maximum absolute atomic E-state index is 12.6. The second-order valence-corrected chi connectivity index (χ2v) is 7.31. The summed E-state index contributed by atoms with van der Waals surface area (Å²) in [6.45, 7) is 3.64. The number of carbonyl (C=O) groups is 2. The maximum atomic E-state index is 12.6. The van der Waals surface area contributed by atoms with E-state index >= 15 is 0 Å². The van der Waals surface area contributed by atoms with Crippen molar-refractivity contribution in [1.29, 1.82) is 0 Å². The number of aliphatic carboxylic acids is 1. The largest absolute Gasteiger partial charge is 0.496 e. The molecule has 0 saturated carbocycles. The van der Waals surface area contributed by atoms with Gasteiger partial charge in [-0.2, -0.15) is 0 Å². The summed E-state index contributed by atoms with van der Waals surface area (Å²) in [4.78, 5) is 23.9. The molecule has 0 aromatic heterocycles. The van der Waals surface area contributed by atoms with Gasteiger partial charge in [-0.05, 0) is 26.0 Å². The van der Waals surface area contributed by atoms with E-state index in [1.807, 2.05) is 13.8 Å². The molecule has 1 aromatic rings. The third-order valence-corrected chi connectivity index (χ3v) is 4.93. The molecule has 8 heteroatoms. The average molecular weight is 340 g/mol. The Labute approximate surface area is 138 Å². The highest BCUT2D eigenvalue weighted by atomic mass is 32.2. The zero-order valence-electron chi connectivity index (χ0n) is 13.4. The maximum Gasteiger partial charge on any atom is 0.322 e. The van der Waals surface area contributed by atoms with Crippen LogP contribution in [0.5, 0.6) is 11.5 Å². The van der Waals surface area contributed by atoms with Crippen LogP contribution in [0.15, 0.2) is 18.2 Å². The molecule has 1 amide bonds. The Morgan fingerprint density at radius 2 is 1.83 bits per heavy atom. The molecule has 1 saturated heterocycles. The van der Waals surface area contributed by atoms with Crippen LogP contribution in [-0.2, 0) is 4.79 Å². The standard InChI is InChI=1S/C15H20N2O5S/c1-15(2)11(13(19)20)16-14(23-15)17-12(18)10-8(21-3)6-5-7-9(10)22-4/h5-7,11,14,16H,1-4H3,(H,17,18)(H,19,20). The van der Waals surface area contributed by atoms with E-state index in [-0.39, 0.29) is 5.56 Å². The van der Waals surface area contributed by atoms with Gasteiger partial charge in [0.1, 0.15) is 28.6 Å². The molecule has 0 radical (unpaired) electrons. The number of carboxylic acids is 1. The monoisotopic (exact) mass is 340 g/mol. The van der Waals surface area contributed by atoms with Gasteiger partial charge in [0.15, 0.2) is 0 Å². The van der Waals surface area contributed by atoms with Gasteiger partial charge in [0.25, 0.3) is 5.91 Å². The van der Waals surface area contributed by atoms with E-state index in [0.717, 1.165) is 0 Å². The van der Waals surface area contributed by atoms with Crippen molar-refractivity contribution in [2.45, 2.75) is 30.1 Å². The second-order valence-electron chi connectivity index (χ2n) is 5.55. The lowest BCUT2D eigenvalue weighted by molar-refractivity contribution is -0.139. The second kappa shape index (κ2) is 6.67. The Balaban J connectivity index is 2.19. The molecule has 2 atom stereocenters. The summed E-state index contributed by atoms with van der Waals surface area (Å²) < 4.78 is 9.88. The van der Waals surface area contributed by atoms with Crippen molar-refractivity contribution >= 4 is 23.6 Å². The summed E-state index contributed by atoms with van der Waals surface area (Å²) in [5, 5.41) is 14.9. The third kappa shape index (κ3) is 3.53. The Morgan fingerprint density at radius 3 is 2.26 bits per heavy atom. The topological polar surface area (TPSA) is 96.9 Å². The van der Waals surface area contributed by atoms with E-state index in [2.05, 4.69) is 10.6 Å². The number of nitrogens with one attached hydrogen (secondary N) is 2. The van der Waals surface area contributed by atoms with Crippen LogP contribution in [0.25, 0.3) is 0 Å². The first-order valence-electron chi connectivity index (χ1n) is 6.98. The molecule has 23 heavy (non-hydrogen) atoms. The Kier molecular flexibility index (Phi) is 5.06. The van der Waals surface area contributed by atoms with Crippen LogP contribution in [0.3, 0.4) is 0 Å². The fraction of sp³-hybridized carbons (Fsp3) is 0.467. The lowest BCUT2D eigenvalue weighted by Crippen LogP contribution is -2.48. The Morgan fingerprint density at radius 1 is 1.26 bits per heavy atom. The van der Waals surface area contributed by atoms with Gasteiger partial charge in [-0.15, -0.1) is 11.8 Å². The summed E-state index contributed by atoms with van der Waals surface area (Å²) in [6, 6.07) is 4.30. The van der Waals surface area contributed by atoms with Crippen LogP contribution in [-0.4, -0.2) is 47.5 Å². The average Bonchev–Trinajstić information content (AvgIpc) is 2.80. The zero-order chi connectivity index (χ0) is 17.2. The molecule has 0 aliphatic carbocycles. The Bertz CT molecular complexity index is 598. The molecule has 7 nitrogen and oxygen atoms in total. The summed E-state index contributed by atoms with van der Waals surface area (Å²) in [6.07, 6.45) is 0.